The maximum Gasteiger partial charge on any atom is 0.0497 e. The zero-order valence-corrected chi connectivity index (χ0v) is 23.9. The Bertz CT molecular complexity index is 1090. The van der Waals surface area contributed by atoms with Crippen LogP contribution in [-0.2, 0) is 23.7 Å². The smallest absolute Gasteiger partial charge is 0.0497 e. The highest BCUT2D eigenvalue weighted by atomic mass is 15.2. The summed E-state index contributed by atoms with van der Waals surface area (Å²) in [6.45, 7) is 16.4. The fourth-order valence-electron chi connectivity index (χ4n) is 5.76. The number of benzene rings is 3. The number of aryl methyl sites for hydroxylation is 1. The van der Waals surface area contributed by atoms with Crippen molar-refractivity contribution in [2.75, 3.05) is 4.90 Å². The first kappa shape index (κ1) is 26.5. The van der Waals surface area contributed by atoms with E-state index in [-0.39, 0.29) is 10.8 Å². The van der Waals surface area contributed by atoms with Crippen LogP contribution in [-0.4, -0.2) is 0 Å². The van der Waals surface area contributed by atoms with E-state index in [0.717, 1.165) is 38.5 Å². The third kappa shape index (κ3) is 4.86. The molecule has 0 amide bonds. The summed E-state index contributed by atoms with van der Waals surface area (Å²) in [6, 6.07) is 23.9. The zero-order chi connectivity index (χ0) is 25.9. The molecule has 3 aromatic rings. The quantitative estimate of drug-likeness (QED) is 0.218. The Kier molecular flexibility index (Phi) is 7.98. The molecule has 0 radical (unpaired) electrons. The van der Waals surface area contributed by atoms with Gasteiger partial charge in [-0.3, -0.25) is 0 Å². The van der Waals surface area contributed by atoms with Gasteiger partial charge >= 0.3 is 0 Å². The highest BCUT2D eigenvalue weighted by Gasteiger charge is 2.30. The maximum atomic E-state index is 2.51. The fourth-order valence-corrected chi connectivity index (χ4v) is 5.76. The lowest BCUT2D eigenvalue weighted by Crippen LogP contribution is -2.24. The molecule has 4 rings (SSSR count). The highest BCUT2D eigenvalue weighted by Crippen LogP contribution is 2.47. The molecule has 0 aliphatic carbocycles. The average molecular weight is 482 g/mol. The Morgan fingerprint density at radius 1 is 0.639 bits per heavy atom. The molecule has 0 N–H and O–H groups in total. The molecule has 0 fully saturated rings. The van der Waals surface area contributed by atoms with Gasteiger partial charge < -0.3 is 4.90 Å². The van der Waals surface area contributed by atoms with Crippen molar-refractivity contribution in [2.45, 2.75) is 111 Å². The van der Waals surface area contributed by atoms with Gasteiger partial charge in [-0.1, -0.05) is 91.3 Å². The lowest BCUT2D eigenvalue weighted by Gasteiger charge is -2.37. The van der Waals surface area contributed by atoms with Crippen LogP contribution in [0, 0.1) is 0 Å². The van der Waals surface area contributed by atoms with Crippen LogP contribution in [0.5, 0.6) is 0 Å². The second kappa shape index (κ2) is 10.8. The van der Waals surface area contributed by atoms with Crippen molar-refractivity contribution in [3.05, 3.63) is 88.5 Å². The zero-order valence-electron chi connectivity index (χ0n) is 23.9. The van der Waals surface area contributed by atoms with E-state index in [1.54, 1.807) is 0 Å². The van der Waals surface area contributed by atoms with E-state index in [9.17, 15) is 0 Å². The first-order valence-electron chi connectivity index (χ1n) is 14.5. The van der Waals surface area contributed by atoms with E-state index < -0.39 is 0 Å². The number of anilines is 3. The van der Waals surface area contributed by atoms with E-state index >= 15 is 0 Å². The summed E-state index contributed by atoms with van der Waals surface area (Å²) >= 11 is 0. The predicted molar refractivity (Wildman–Crippen MR) is 158 cm³/mol. The number of rotatable bonds is 10. The van der Waals surface area contributed by atoms with E-state index in [2.05, 4.69) is 114 Å². The Hall–Kier alpha value is -2.54. The maximum absolute atomic E-state index is 2.51. The van der Waals surface area contributed by atoms with Gasteiger partial charge in [0.15, 0.2) is 0 Å². The minimum absolute atomic E-state index is 0.228. The third-order valence-electron chi connectivity index (χ3n) is 9.55. The topological polar surface area (TPSA) is 3.24 Å². The van der Waals surface area contributed by atoms with Gasteiger partial charge in [-0.2, -0.15) is 0 Å². The summed E-state index contributed by atoms with van der Waals surface area (Å²) in [5.41, 5.74) is 11.7. The van der Waals surface area contributed by atoms with Crippen LogP contribution in [0.4, 0.5) is 17.1 Å². The number of fused-ring (bicyclic) bond motifs is 2. The molecular weight excluding hydrogens is 434 g/mol. The second-order valence-electron chi connectivity index (χ2n) is 11.5. The van der Waals surface area contributed by atoms with Crippen LogP contribution in [0.25, 0.3) is 0 Å². The normalized spacial score (nSPS) is 13.5. The molecule has 1 nitrogen and oxygen atoms in total. The van der Waals surface area contributed by atoms with Gasteiger partial charge in [0, 0.05) is 23.5 Å². The largest absolute Gasteiger partial charge is 0.310 e. The summed E-state index contributed by atoms with van der Waals surface area (Å²) in [4.78, 5) is 2.51. The molecule has 3 aromatic carbocycles. The predicted octanol–water partition coefficient (Wildman–Crippen LogP) is 10.6. The molecule has 0 spiro atoms. The van der Waals surface area contributed by atoms with Crippen molar-refractivity contribution in [2.24, 2.45) is 0 Å². The number of unbranched alkanes of at least 4 members (excludes halogenated alkanes) is 1. The van der Waals surface area contributed by atoms with Gasteiger partial charge in [0.1, 0.15) is 0 Å². The number of hydrogen-bond acceptors (Lipinski definition) is 1. The van der Waals surface area contributed by atoms with E-state index in [0.29, 0.717) is 0 Å². The van der Waals surface area contributed by atoms with E-state index in [1.807, 2.05) is 0 Å². The van der Waals surface area contributed by atoms with Crippen LogP contribution >= 0.6 is 0 Å². The molecule has 0 saturated heterocycles. The van der Waals surface area contributed by atoms with Crippen molar-refractivity contribution < 1.29 is 0 Å². The lowest BCUT2D eigenvalue weighted by molar-refractivity contribution is 0.438. The summed E-state index contributed by atoms with van der Waals surface area (Å²) in [5, 5.41) is 0. The van der Waals surface area contributed by atoms with Gasteiger partial charge in [0.25, 0.3) is 0 Å². The first-order chi connectivity index (χ1) is 17.3. The summed E-state index contributed by atoms with van der Waals surface area (Å²) in [5.74, 6) is 0. The summed E-state index contributed by atoms with van der Waals surface area (Å²) in [6.07, 6.45) is 9.31. The molecule has 0 aromatic heterocycles. The summed E-state index contributed by atoms with van der Waals surface area (Å²) < 4.78 is 0. The fraction of sp³-hybridized carbons (Fsp3) is 0.486. The molecule has 1 aliphatic rings. The minimum atomic E-state index is 0.228. The van der Waals surface area contributed by atoms with Crippen molar-refractivity contribution >= 4 is 17.1 Å². The average Bonchev–Trinajstić information content (AvgIpc) is 2.93. The van der Waals surface area contributed by atoms with Crippen LogP contribution in [0.1, 0.15) is 115 Å². The second-order valence-corrected chi connectivity index (χ2v) is 11.5. The molecular formula is C35H47N. The van der Waals surface area contributed by atoms with Crippen molar-refractivity contribution in [3.8, 4) is 0 Å². The standard InChI is InChI=1S/C35H47N/c1-8-13-14-26-15-19-31(20-16-26)36-32-21-17-29(34(6,9-2)10-3)24-27(32)23-28-25-30(18-22-33(28)36)35(7,11-4)12-5/h15-22,24-25H,8-14,23H2,1-7H3. The van der Waals surface area contributed by atoms with Crippen LogP contribution in [0.3, 0.4) is 0 Å². The van der Waals surface area contributed by atoms with Crippen molar-refractivity contribution in [1.29, 1.82) is 0 Å². The van der Waals surface area contributed by atoms with Crippen LogP contribution in [0.2, 0.25) is 0 Å². The van der Waals surface area contributed by atoms with Crippen LogP contribution < -0.4 is 4.90 Å². The van der Waals surface area contributed by atoms with E-state index in [1.165, 1.54) is 57.7 Å². The molecule has 0 unspecified atom stereocenters. The minimum Gasteiger partial charge on any atom is -0.310 e. The Morgan fingerprint density at radius 3 is 1.53 bits per heavy atom. The number of hydrogen-bond donors (Lipinski definition) is 0. The Labute approximate surface area is 221 Å². The highest BCUT2D eigenvalue weighted by molar-refractivity contribution is 5.84. The summed E-state index contributed by atoms with van der Waals surface area (Å²) in [7, 11) is 0. The van der Waals surface area contributed by atoms with Gasteiger partial charge in [-0.05, 0) is 101 Å². The molecule has 1 heteroatoms. The van der Waals surface area contributed by atoms with Crippen molar-refractivity contribution in [1.82, 2.24) is 0 Å². The third-order valence-corrected chi connectivity index (χ3v) is 9.55. The van der Waals surface area contributed by atoms with Gasteiger partial charge in [0.2, 0.25) is 0 Å². The Morgan fingerprint density at radius 2 is 1.11 bits per heavy atom. The number of nitrogens with zero attached hydrogens (tertiary/aromatic N) is 1. The van der Waals surface area contributed by atoms with Crippen LogP contribution in [0.15, 0.2) is 60.7 Å². The SMILES string of the molecule is CCCCc1ccc(N2c3ccc(C(C)(CC)CC)cc3Cc3cc(C(C)(CC)CC)ccc32)cc1. The molecule has 0 atom stereocenters. The first-order valence-corrected chi connectivity index (χ1v) is 14.5. The molecule has 192 valence electrons. The van der Waals surface area contributed by atoms with E-state index in [4.69, 9.17) is 0 Å². The Balaban J connectivity index is 1.84. The van der Waals surface area contributed by atoms with Gasteiger partial charge in [0.05, 0.1) is 0 Å². The molecule has 0 bridgehead atoms. The lowest BCUT2D eigenvalue weighted by atomic mass is 9.75. The van der Waals surface area contributed by atoms with Crippen molar-refractivity contribution in [3.63, 3.8) is 0 Å². The van der Waals surface area contributed by atoms with Gasteiger partial charge in [-0.15, -0.1) is 0 Å². The van der Waals surface area contributed by atoms with Gasteiger partial charge in [-0.25, -0.2) is 0 Å². The molecule has 1 aliphatic heterocycles. The monoisotopic (exact) mass is 481 g/mol. The molecule has 1 heterocycles. The molecule has 36 heavy (non-hydrogen) atoms. The molecule has 0 saturated carbocycles.